The zero-order valence-corrected chi connectivity index (χ0v) is 17.2. The highest BCUT2D eigenvalue weighted by molar-refractivity contribution is 9.10. The van der Waals surface area contributed by atoms with Crippen LogP contribution in [0.5, 0.6) is 5.75 Å². The van der Waals surface area contributed by atoms with Gasteiger partial charge in [0.05, 0.1) is 18.4 Å². The van der Waals surface area contributed by atoms with Gasteiger partial charge in [0.25, 0.3) is 11.8 Å². The second kappa shape index (κ2) is 7.61. The zero-order valence-electron chi connectivity index (χ0n) is 14.8. The number of imide groups is 1. The van der Waals surface area contributed by atoms with Crippen LogP contribution in [0.1, 0.15) is 4.88 Å². The number of nitrogens with one attached hydrogen (secondary N) is 1. The van der Waals surface area contributed by atoms with E-state index in [1.54, 1.807) is 31.4 Å². The van der Waals surface area contributed by atoms with Crippen LogP contribution in [0.4, 0.5) is 11.4 Å². The number of nitrogens with zero attached hydrogens (tertiary/aromatic N) is 1. The van der Waals surface area contributed by atoms with Gasteiger partial charge in [-0.05, 0) is 41.8 Å². The Kier molecular flexibility index (Phi) is 5.02. The molecule has 0 saturated carbocycles. The summed E-state index contributed by atoms with van der Waals surface area (Å²) in [6.07, 6.45) is 0. The van der Waals surface area contributed by atoms with E-state index in [0.717, 1.165) is 9.35 Å². The molecule has 0 aliphatic carbocycles. The van der Waals surface area contributed by atoms with E-state index in [0.29, 0.717) is 22.7 Å². The van der Waals surface area contributed by atoms with Gasteiger partial charge in [0.1, 0.15) is 11.4 Å². The minimum atomic E-state index is -0.401. The maximum absolute atomic E-state index is 13.2. The number of benzene rings is 2. The fourth-order valence-electron chi connectivity index (χ4n) is 2.99. The Bertz CT molecular complexity index is 1090. The van der Waals surface area contributed by atoms with Crippen LogP contribution in [-0.2, 0) is 9.59 Å². The highest BCUT2D eigenvalue weighted by Gasteiger charge is 2.40. The van der Waals surface area contributed by atoms with E-state index in [1.165, 1.54) is 16.2 Å². The van der Waals surface area contributed by atoms with Crippen molar-refractivity contribution in [3.8, 4) is 5.75 Å². The van der Waals surface area contributed by atoms with Crippen molar-refractivity contribution in [2.24, 2.45) is 0 Å². The van der Waals surface area contributed by atoms with Crippen molar-refractivity contribution in [1.29, 1.82) is 0 Å². The van der Waals surface area contributed by atoms with E-state index in [1.807, 2.05) is 41.8 Å². The summed E-state index contributed by atoms with van der Waals surface area (Å²) in [5.74, 6) is -0.191. The number of carbonyl (C=O) groups excluding carboxylic acids is 2. The molecule has 0 atom stereocenters. The number of rotatable bonds is 5. The normalized spacial score (nSPS) is 14.0. The molecule has 0 bridgehead atoms. The maximum Gasteiger partial charge on any atom is 0.282 e. The third-order valence-electron chi connectivity index (χ3n) is 4.26. The largest absolute Gasteiger partial charge is 0.497 e. The summed E-state index contributed by atoms with van der Waals surface area (Å²) in [7, 11) is 1.54. The lowest BCUT2D eigenvalue weighted by Crippen LogP contribution is -2.32. The molecule has 140 valence electrons. The first-order chi connectivity index (χ1) is 13.6. The molecule has 1 aromatic heterocycles. The first kappa shape index (κ1) is 18.5. The van der Waals surface area contributed by atoms with Crippen molar-refractivity contribution in [3.05, 3.63) is 81.1 Å². The molecule has 3 aromatic rings. The molecule has 0 radical (unpaired) electrons. The highest BCUT2D eigenvalue weighted by atomic mass is 79.9. The summed E-state index contributed by atoms with van der Waals surface area (Å²) in [5.41, 5.74) is 1.80. The Labute approximate surface area is 174 Å². The lowest BCUT2D eigenvalue weighted by atomic mass is 10.2. The number of carbonyl (C=O) groups is 2. The average molecular weight is 455 g/mol. The Balaban J connectivity index is 1.79. The zero-order chi connectivity index (χ0) is 19.7. The van der Waals surface area contributed by atoms with Crippen molar-refractivity contribution in [1.82, 2.24) is 0 Å². The van der Waals surface area contributed by atoms with Gasteiger partial charge in [-0.2, -0.15) is 0 Å². The predicted molar refractivity (Wildman–Crippen MR) is 114 cm³/mol. The van der Waals surface area contributed by atoms with Crippen LogP contribution >= 0.6 is 27.3 Å². The number of ether oxygens (including phenoxy) is 1. The van der Waals surface area contributed by atoms with E-state index >= 15 is 0 Å². The van der Waals surface area contributed by atoms with Gasteiger partial charge < -0.3 is 10.1 Å². The van der Waals surface area contributed by atoms with E-state index in [9.17, 15) is 9.59 Å². The molecule has 2 aromatic carbocycles. The van der Waals surface area contributed by atoms with Gasteiger partial charge in [-0.1, -0.05) is 34.1 Å². The van der Waals surface area contributed by atoms with Gasteiger partial charge in [-0.15, -0.1) is 11.3 Å². The first-order valence-electron chi connectivity index (χ1n) is 8.42. The van der Waals surface area contributed by atoms with Gasteiger partial charge >= 0.3 is 0 Å². The lowest BCUT2D eigenvalue weighted by Gasteiger charge is -2.16. The van der Waals surface area contributed by atoms with Gasteiger partial charge in [-0.3, -0.25) is 9.59 Å². The van der Waals surface area contributed by atoms with Crippen LogP contribution in [-0.4, -0.2) is 18.9 Å². The number of methoxy groups -OCH3 is 1. The van der Waals surface area contributed by atoms with Crippen LogP contribution in [0.15, 0.2) is 76.2 Å². The van der Waals surface area contributed by atoms with Gasteiger partial charge in [0, 0.05) is 21.1 Å². The highest BCUT2D eigenvalue weighted by Crippen LogP contribution is 2.36. The van der Waals surface area contributed by atoms with Crippen LogP contribution in [0, 0.1) is 0 Å². The number of hydrogen-bond acceptors (Lipinski definition) is 5. The molecule has 28 heavy (non-hydrogen) atoms. The summed E-state index contributed by atoms with van der Waals surface area (Å²) < 4.78 is 6.11. The van der Waals surface area contributed by atoms with Gasteiger partial charge in [0.2, 0.25) is 0 Å². The summed E-state index contributed by atoms with van der Waals surface area (Å²) in [5, 5.41) is 5.02. The van der Waals surface area contributed by atoms with Gasteiger partial charge in [-0.25, -0.2) is 4.90 Å². The molecule has 0 spiro atoms. The van der Waals surface area contributed by atoms with E-state index < -0.39 is 5.91 Å². The minimum Gasteiger partial charge on any atom is -0.497 e. The van der Waals surface area contributed by atoms with E-state index in [2.05, 4.69) is 21.2 Å². The van der Waals surface area contributed by atoms with E-state index in [-0.39, 0.29) is 11.6 Å². The maximum atomic E-state index is 13.2. The topological polar surface area (TPSA) is 58.6 Å². The molecule has 5 nitrogen and oxygen atoms in total. The molecule has 1 aliphatic rings. The molecule has 7 heteroatoms. The number of halogens is 1. The van der Waals surface area contributed by atoms with Crippen LogP contribution in [0.3, 0.4) is 0 Å². The molecule has 1 aliphatic heterocycles. The Morgan fingerprint density at radius 1 is 1.00 bits per heavy atom. The second-order valence-electron chi connectivity index (χ2n) is 6.01. The summed E-state index contributed by atoms with van der Waals surface area (Å²) >= 11 is 4.84. The first-order valence-corrected chi connectivity index (χ1v) is 10.1. The molecular weight excluding hydrogens is 440 g/mol. The van der Waals surface area contributed by atoms with Gasteiger partial charge in [0.15, 0.2) is 0 Å². The molecule has 2 heterocycles. The van der Waals surface area contributed by atoms with Crippen molar-refractivity contribution in [2.75, 3.05) is 17.3 Å². The molecule has 0 unspecified atom stereocenters. The SMILES string of the molecule is COc1cccc(N2C(=O)C(Nc3cccc(Br)c3)=C(c3cccs3)C2=O)c1. The smallest absolute Gasteiger partial charge is 0.282 e. The Morgan fingerprint density at radius 3 is 2.54 bits per heavy atom. The number of anilines is 2. The fraction of sp³-hybridized carbons (Fsp3) is 0.0476. The summed E-state index contributed by atoms with van der Waals surface area (Å²) in [4.78, 5) is 28.4. The molecule has 0 fully saturated rings. The Hall–Kier alpha value is -2.90. The van der Waals surface area contributed by atoms with Crippen LogP contribution < -0.4 is 15.0 Å². The standard InChI is InChI=1S/C21H15BrN2O3S/c1-27-16-8-3-7-15(12-16)24-20(25)18(17-9-4-10-28-17)19(21(24)26)23-14-6-2-5-13(22)11-14/h2-12,23H,1H3. The third kappa shape index (κ3) is 3.34. The van der Waals surface area contributed by atoms with E-state index in [4.69, 9.17) is 4.74 Å². The third-order valence-corrected chi connectivity index (χ3v) is 5.64. The predicted octanol–water partition coefficient (Wildman–Crippen LogP) is 4.92. The molecule has 2 amide bonds. The van der Waals surface area contributed by atoms with Crippen LogP contribution in [0.25, 0.3) is 5.57 Å². The fourth-order valence-corrected chi connectivity index (χ4v) is 4.16. The summed E-state index contributed by atoms with van der Waals surface area (Å²) in [6, 6.07) is 18.0. The minimum absolute atomic E-state index is 0.258. The average Bonchev–Trinajstić information content (AvgIpc) is 3.29. The monoisotopic (exact) mass is 454 g/mol. The summed E-state index contributed by atoms with van der Waals surface area (Å²) in [6.45, 7) is 0. The van der Waals surface area contributed by atoms with Crippen molar-refractivity contribution < 1.29 is 14.3 Å². The molecular formula is C21H15BrN2O3S. The molecule has 4 rings (SSSR count). The number of amides is 2. The second-order valence-corrected chi connectivity index (χ2v) is 7.87. The van der Waals surface area contributed by atoms with Crippen LogP contribution in [0.2, 0.25) is 0 Å². The quantitative estimate of drug-likeness (QED) is 0.556. The number of hydrogen-bond donors (Lipinski definition) is 1. The van der Waals surface area contributed by atoms with Crippen molar-refractivity contribution >= 4 is 56.0 Å². The lowest BCUT2D eigenvalue weighted by molar-refractivity contribution is -0.120. The number of thiophene rings is 1. The van der Waals surface area contributed by atoms with Crippen molar-refractivity contribution in [2.45, 2.75) is 0 Å². The molecule has 1 N–H and O–H groups in total. The van der Waals surface area contributed by atoms with Crippen molar-refractivity contribution in [3.63, 3.8) is 0 Å². The Morgan fingerprint density at radius 2 is 1.82 bits per heavy atom. The molecule has 0 saturated heterocycles.